The minimum absolute atomic E-state index is 0.00526. The fraction of sp³-hybridized carbons (Fsp3) is 0.474. The van der Waals surface area contributed by atoms with Crippen LogP contribution in [0.25, 0.3) is 0 Å². The smallest absolute Gasteiger partial charge is 0.229 e. The van der Waals surface area contributed by atoms with E-state index < -0.39 is 5.60 Å². The van der Waals surface area contributed by atoms with Gasteiger partial charge in [-0.1, -0.05) is 43.2 Å². The highest BCUT2D eigenvalue weighted by Crippen LogP contribution is 2.30. The molecule has 128 valence electrons. The van der Waals surface area contributed by atoms with Crippen LogP contribution < -0.4 is 0 Å². The number of aliphatic hydroxyl groups is 1. The monoisotopic (exact) mass is 327 g/mol. The van der Waals surface area contributed by atoms with Gasteiger partial charge in [-0.05, 0) is 31.4 Å². The lowest BCUT2D eigenvalue weighted by atomic mass is 10.0. The summed E-state index contributed by atoms with van der Waals surface area (Å²) in [5, 5.41) is 17.8. The molecule has 24 heavy (non-hydrogen) atoms. The second kappa shape index (κ2) is 7.18. The lowest BCUT2D eigenvalue weighted by Gasteiger charge is -2.31. The quantitative estimate of drug-likeness (QED) is 0.857. The maximum atomic E-state index is 12.8. The summed E-state index contributed by atoms with van der Waals surface area (Å²) < 4.78 is 0. The van der Waals surface area contributed by atoms with Gasteiger partial charge in [0.25, 0.3) is 0 Å². The van der Waals surface area contributed by atoms with Crippen molar-refractivity contribution in [2.75, 3.05) is 6.54 Å². The number of rotatable bonds is 6. The second-order valence-electron chi connectivity index (χ2n) is 6.89. The highest BCUT2D eigenvalue weighted by Gasteiger charge is 2.34. The Morgan fingerprint density at radius 1 is 1.29 bits per heavy atom. The van der Waals surface area contributed by atoms with Crippen molar-refractivity contribution in [3.8, 4) is 0 Å². The number of carbonyl (C=O) groups excluding carboxylic acids is 1. The number of nitrogens with one attached hydrogen (secondary N) is 1. The number of aromatic nitrogens is 2. The van der Waals surface area contributed by atoms with E-state index in [4.69, 9.17) is 0 Å². The van der Waals surface area contributed by atoms with Crippen LogP contribution >= 0.6 is 0 Å². The molecule has 5 heteroatoms. The topological polar surface area (TPSA) is 69.2 Å². The number of hydrogen-bond acceptors (Lipinski definition) is 3. The molecule has 0 saturated heterocycles. The van der Waals surface area contributed by atoms with Crippen LogP contribution in [0.5, 0.6) is 0 Å². The van der Waals surface area contributed by atoms with Crippen LogP contribution in [0, 0.1) is 6.92 Å². The van der Waals surface area contributed by atoms with Gasteiger partial charge in [-0.2, -0.15) is 5.10 Å². The third-order valence-corrected chi connectivity index (χ3v) is 4.68. The Balaban J connectivity index is 1.73. The SMILES string of the molecule is Cc1cc(CC(=O)N(Cc2ccccc2)CC2(O)CCCC2)n[nH]1. The first-order chi connectivity index (χ1) is 11.5. The number of amides is 1. The molecule has 5 nitrogen and oxygen atoms in total. The number of H-pyrrole nitrogens is 1. The molecule has 0 bridgehead atoms. The maximum Gasteiger partial charge on any atom is 0.229 e. The minimum atomic E-state index is -0.744. The van der Waals surface area contributed by atoms with E-state index in [2.05, 4.69) is 10.2 Å². The van der Waals surface area contributed by atoms with Gasteiger partial charge in [0.1, 0.15) is 0 Å². The van der Waals surface area contributed by atoms with E-state index >= 15 is 0 Å². The van der Waals surface area contributed by atoms with Crippen LogP contribution in [0.4, 0.5) is 0 Å². The summed E-state index contributed by atoms with van der Waals surface area (Å²) in [4.78, 5) is 14.6. The van der Waals surface area contributed by atoms with Crippen LogP contribution in [0.15, 0.2) is 36.4 Å². The summed E-state index contributed by atoms with van der Waals surface area (Å²) >= 11 is 0. The second-order valence-corrected chi connectivity index (χ2v) is 6.89. The largest absolute Gasteiger partial charge is 0.388 e. The summed E-state index contributed by atoms with van der Waals surface area (Å²) in [7, 11) is 0. The number of benzene rings is 1. The number of aryl methyl sites for hydroxylation is 1. The van der Waals surface area contributed by atoms with Gasteiger partial charge in [0.15, 0.2) is 0 Å². The molecule has 1 saturated carbocycles. The van der Waals surface area contributed by atoms with Gasteiger partial charge in [0, 0.05) is 18.8 Å². The van der Waals surface area contributed by atoms with Crippen LogP contribution in [-0.2, 0) is 17.8 Å². The number of carbonyl (C=O) groups is 1. The van der Waals surface area contributed by atoms with Crippen molar-refractivity contribution in [1.82, 2.24) is 15.1 Å². The molecule has 0 atom stereocenters. The molecule has 0 radical (unpaired) electrons. The summed E-state index contributed by atoms with van der Waals surface area (Å²) in [6, 6.07) is 11.8. The molecule has 0 spiro atoms. The Morgan fingerprint density at radius 2 is 2.00 bits per heavy atom. The first-order valence-corrected chi connectivity index (χ1v) is 8.59. The molecule has 1 fully saturated rings. The Hall–Kier alpha value is -2.14. The first kappa shape index (κ1) is 16.7. The number of aromatic amines is 1. The summed E-state index contributed by atoms with van der Waals surface area (Å²) in [6.07, 6.45) is 3.86. The van der Waals surface area contributed by atoms with E-state index in [1.807, 2.05) is 43.3 Å². The van der Waals surface area contributed by atoms with Crippen LogP contribution in [0.2, 0.25) is 0 Å². The van der Waals surface area contributed by atoms with Crippen molar-refractivity contribution < 1.29 is 9.90 Å². The predicted octanol–water partition coefficient (Wildman–Crippen LogP) is 2.59. The lowest BCUT2D eigenvalue weighted by Crippen LogP contribution is -2.44. The van der Waals surface area contributed by atoms with Crippen LogP contribution in [-0.4, -0.2) is 38.3 Å². The molecule has 3 rings (SSSR count). The van der Waals surface area contributed by atoms with E-state index in [9.17, 15) is 9.90 Å². The molecule has 1 aliphatic carbocycles. The van der Waals surface area contributed by atoms with Gasteiger partial charge >= 0.3 is 0 Å². The van der Waals surface area contributed by atoms with Crippen molar-refractivity contribution in [1.29, 1.82) is 0 Å². The van der Waals surface area contributed by atoms with Gasteiger partial charge in [0.2, 0.25) is 5.91 Å². The van der Waals surface area contributed by atoms with E-state index in [1.54, 1.807) is 4.90 Å². The molecule has 1 heterocycles. The third-order valence-electron chi connectivity index (χ3n) is 4.68. The number of hydrogen-bond donors (Lipinski definition) is 2. The number of nitrogens with zero attached hydrogens (tertiary/aromatic N) is 2. The van der Waals surface area contributed by atoms with Crippen molar-refractivity contribution in [3.05, 3.63) is 53.3 Å². The fourth-order valence-electron chi connectivity index (χ4n) is 3.41. The average Bonchev–Trinajstić information content (AvgIpc) is 3.16. The highest BCUT2D eigenvalue weighted by molar-refractivity contribution is 5.78. The summed E-state index contributed by atoms with van der Waals surface area (Å²) in [6.45, 7) is 2.83. The van der Waals surface area contributed by atoms with Crippen molar-refractivity contribution in [2.45, 2.75) is 51.2 Å². The molecule has 0 unspecified atom stereocenters. The fourth-order valence-corrected chi connectivity index (χ4v) is 3.41. The van der Waals surface area contributed by atoms with Crippen LogP contribution in [0.3, 0.4) is 0 Å². The normalized spacial score (nSPS) is 16.2. The molecule has 1 aromatic heterocycles. The van der Waals surface area contributed by atoms with E-state index in [1.165, 1.54) is 0 Å². The van der Waals surface area contributed by atoms with Crippen molar-refractivity contribution in [3.63, 3.8) is 0 Å². The van der Waals surface area contributed by atoms with Crippen molar-refractivity contribution in [2.24, 2.45) is 0 Å². The minimum Gasteiger partial charge on any atom is -0.388 e. The highest BCUT2D eigenvalue weighted by atomic mass is 16.3. The Kier molecular flexibility index (Phi) is 5.00. The predicted molar refractivity (Wildman–Crippen MR) is 92.3 cm³/mol. The van der Waals surface area contributed by atoms with E-state index in [0.29, 0.717) is 13.1 Å². The molecule has 0 aliphatic heterocycles. The zero-order valence-corrected chi connectivity index (χ0v) is 14.2. The van der Waals surface area contributed by atoms with Gasteiger partial charge in [-0.25, -0.2) is 0 Å². The Bertz CT molecular complexity index is 675. The third kappa shape index (κ3) is 4.23. The van der Waals surface area contributed by atoms with Gasteiger partial charge in [0.05, 0.1) is 17.7 Å². The molecular weight excluding hydrogens is 302 g/mol. The molecule has 1 aromatic carbocycles. The summed E-state index contributed by atoms with van der Waals surface area (Å²) in [5.41, 5.74) is 2.02. The van der Waals surface area contributed by atoms with Crippen LogP contribution in [0.1, 0.15) is 42.6 Å². The first-order valence-electron chi connectivity index (χ1n) is 8.59. The molecule has 2 aromatic rings. The maximum absolute atomic E-state index is 12.8. The Labute approximate surface area is 142 Å². The van der Waals surface area contributed by atoms with Crippen molar-refractivity contribution >= 4 is 5.91 Å². The molecular formula is C19H25N3O2. The van der Waals surface area contributed by atoms with E-state index in [0.717, 1.165) is 42.6 Å². The average molecular weight is 327 g/mol. The van der Waals surface area contributed by atoms with E-state index in [-0.39, 0.29) is 12.3 Å². The lowest BCUT2D eigenvalue weighted by molar-refractivity contribution is -0.135. The summed E-state index contributed by atoms with van der Waals surface area (Å²) in [5.74, 6) is 0.00526. The van der Waals surface area contributed by atoms with Gasteiger partial charge in [-0.15, -0.1) is 0 Å². The van der Waals surface area contributed by atoms with Gasteiger partial charge < -0.3 is 10.0 Å². The molecule has 2 N–H and O–H groups in total. The molecule has 1 aliphatic rings. The molecule has 1 amide bonds. The zero-order chi connectivity index (χ0) is 17.0. The Morgan fingerprint density at radius 3 is 2.62 bits per heavy atom. The van der Waals surface area contributed by atoms with Gasteiger partial charge in [-0.3, -0.25) is 9.89 Å². The standard InChI is InChI=1S/C19H25N3O2/c1-15-11-17(21-20-15)12-18(23)22(13-16-7-3-2-4-8-16)14-19(24)9-5-6-10-19/h2-4,7-8,11,24H,5-6,9-10,12-14H2,1H3,(H,20,21). The zero-order valence-electron chi connectivity index (χ0n) is 14.2.